The second kappa shape index (κ2) is 10.3. The first kappa shape index (κ1) is 22.6. The van der Waals surface area contributed by atoms with Gasteiger partial charge in [-0.2, -0.15) is 0 Å². The van der Waals surface area contributed by atoms with Gasteiger partial charge in [-0.25, -0.2) is 8.42 Å². The number of nitrogens with zero attached hydrogens (tertiary/aromatic N) is 2. The van der Waals surface area contributed by atoms with Crippen LogP contribution >= 0.6 is 0 Å². The SMILES string of the molecule is CC[C@H](C(=O)N(Cc1ccccc1)Cc1ccccc1)N(c1ccccc1)S(C)(=O)=O. The smallest absolute Gasteiger partial charge is 0.247 e. The molecule has 31 heavy (non-hydrogen) atoms. The summed E-state index contributed by atoms with van der Waals surface area (Å²) in [6, 6.07) is 27.5. The van der Waals surface area contributed by atoms with Gasteiger partial charge in [-0.05, 0) is 29.7 Å². The van der Waals surface area contributed by atoms with Crippen molar-refractivity contribution in [3.63, 3.8) is 0 Å². The van der Waals surface area contributed by atoms with Crippen LogP contribution in [0.25, 0.3) is 0 Å². The molecule has 0 saturated heterocycles. The van der Waals surface area contributed by atoms with E-state index in [0.29, 0.717) is 25.2 Å². The van der Waals surface area contributed by atoms with Gasteiger partial charge >= 0.3 is 0 Å². The first-order chi connectivity index (χ1) is 14.9. The Morgan fingerprint density at radius 2 is 1.19 bits per heavy atom. The fourth-order valence-electron chi connectivity index (χ4n) is 3.65. The first-order valence-electron chi connectivity index (χ1n) is 10.3. The van der Waals surface area contributed by atoms with Crippen LogP contribution in [0, 0.1) is 0 Å². The van der Waals surface area contributed by atoms with Gasteiger partial charge in [0.2, 0.25) is 15.9 Å². The number of amides is 1. The van der Waals surface area contributed by atoms with E-state index < -0.39 is 16.1 Å². The number of para-hydroxylation sites is 1. The molecule has 1 amide bonds. The number of carbonyl (C=O) groups excluding carboxylic acids is 1. The molecular weight excluding hydrogens is 408 g/mol. The number of hydrogen-bond donors (Lipinski definition) is 0. The van der Waals surface area contributed by atoms with Crippen LogP contribution < -0.4 is 4.31 Å². The lowest BCUT2D eigenvalue weighted by molar-refractivity contribution is -0.133. The third kappa shape index (κ3) is 5.95. The van der Waals surface area contributed by atoms with E-state index in [0.717, 1.165) is 17.4 Å². The third-order valence-electron chi connectivity index (χ3n) is 5.07. The van der Waals surface area contributed by atoms with Crippen molar-refractivity contribution in [3.05, 3.63) is 102 Å². The number of hydrogen-bond acceptors (Lipinski definition) is 3. The van der Waals surface area contributed by atoms with Crippen LogP contribution in [0.4, 0.5) is 5.69 Å². The lowest BCUT2D eigenvalue weighted by atomic mass is 10.1. The van der Waals surface area contributed by atoms with Crippen LogP contribution in [0.2, 0.25) is 0 Å². The van der Waals surface area contributed by atoms with Gasteiger partial charge in [-0.15, -0.1) is 0 Å². The van der Waals surface area contributed by atoms with Gasteiger partial charge in [0.1, 0.15) is 6.04 Å². The predicted molar refractivity (Wildman–Crippen MR) is 125 cm³/mol. The molecule has 6 heteroatoms. The van der Waals surface area contributed by atoms with Gasteiger partial charge in [0.15, 0.2) is 0 Å². The molecule has 3 rings (SSSR count). The van der Waals surface area contributed by atoms with Crippen molar-refractivity contribution in [2.24, 2.45) is 0 Å². The number of carbonyl (C=O) groups is 1. The predicted octanol–water partition coefficient (Wildman–Crippen LogP) is 4.46. The number of anilines is 1. The monoisotopic (exact) mass is 436 g/mol. The maximum atomic E-state index is 13.8. The van der Waals surface area contributed by atoms with Crippen molar-refractivity contribution < 1.29 is 13.2 Å². The Kier molecular flexibility index (Phi) is 7.47. The Morgan fingerprint density at radius 1 is 0.774 bits per heavy atom. The largest absolute Gasteiger partial charge is 0.332 e. The molecule has 0 saturated carbocycles. The van der Waals surface area contributed by atoms with Crippen molar-refractivity contribution in [2.45, 2.75) is 32.5 Å². The molecular formula is C25H28N2O3S. The first-order valence-corrected chi connectivity index (χ1v) is 12.2. The normalized spacial score (nSPS) is 12.2. The number of rotatable bonds is 9. The second-order valence-corrected chi connectivity index (χ2v) is 9.34. The summed E-state index contributed by atoms with van der Waals surface area (Å²) in [7, 11) is -3.67. The number of sulfonamides is 1. The highest BCUT2D eigenvalue weighted by molar-refractivity contribution is 7.92. The Labute approximate surface area is 185 Å². The third-order valence-corrected chi connectivity index (χ3v) is 6.25. The minimum absolute atomic E-state index is 0.218. The van der Waals surface area contributed by atoms with E-state index in [1.807, 2.05) is 73.7 Å². The average molecular weight is 437 g/mol. The second-order valence-electron chi connectivity index (χ2n) is 7.48. The van der Waals surface area contributed by atoms with Crippen LogP contribution in [0.5, 0.6) is 0 Å². The van der Waals surface area contributed by atoms with E-state index in [-0.39, 0.29) is 5.91 Å². The summed E-state index contributed by atoms with van der Waals surface area (Å²) in [4.78, 5) is 15.5. The van der Waals surface area contributed by atoms with Gasteiger partial charge < -0.3 is 4.90 Å². The standard InChI is InChI=1S/C25H28N2O3S/c1-3-24(27(31(2,29)30)23-17-11-6-12-18-23)25(28)26(19-21-13-7-4-8-14-21)20-22-15-9-5-10-16-22/h4-18,24H,3,19-20H2,1-2H3/t24-/m1/s1. The van der Waals surface area contributed by atoms with Crippen molar-refractivity contribution in [2.75, 3.05) is 10.6 Å². The quantitative estimate of drug-likeness (QED) is 0.498. The molecule has 0 aliphatic carbocycles. The molecule has 0 fully saturated rings. The van der Waals surface area contributed by atoms with Crippen LogP contribution in [0.3, 0.4) is 0 Å². The van der Waals surface area contributed by atoms with Crippen molar-refractivity contribution >= 4 is 21.6 Å². The molecule has 0 aliphatic heterocycles. The Balaban J connectivity index is 1.98. The minimum atomic E-state index is -3.67. The molecule has 162 valence electrons. The zero-order chi connectivity index (χ0) is 22.3. The molecule has 0 unspecified atom stereocenters. The van der Waals surface area contributed by atoms with E-state index >= 15 is 0 Å². The highest BCUT2D eigenvalue weighted by Gasteiger charge is 2.34. The molecule has 3 aromatic rings. The van der Waals surface area contributed by atoms with Crippen molar-refractivity contribution in [3.8, 4) is 0 Å². The molecule has 0 N–H and O–H groups in total. The summed E-state index contributed by atoms with van der Waals surface area (Å²) in [5, 5.41) is 0. The van der Waals surface area contributed by atoms with Crippen LogP contribution in [0.1, 0.15) is 24.5 Å². The van der Waals surface area contributed by atoms with E-state index in [2.05, 4.69) is 0 Å². The van der Waals surface area contributed by atoms with Crippen LogP contribution in [-0.4, -0.2) is 31.5 Å². The average Bonchev–Trinajstić information content (AvgIpc) is 2.77. The van der Waals surface area contributed by atoms with E-state index in [4.69, 9.17) is 0 Å². The van der Waals surface area contributed by atoms with Gasteiger partial charge in [0.25, 0.3) is 0 Å². The Bertz CT molecular complexity index is 1030. The molecule has 5 nitrogen and oxygen atoms in total. The molecule has 0 bridgehead atoms. The fraction of sp³-hybridized carbons (Fsp3) is 0.240. The number of benzene rings is 3. The zero-order valence-corrected chi connectivity index (χ0v) is 18.7. The molecule has 1 atom stereocenters. The Morgan fingerprint density at radius 3 is 1.58 bits per heavy atom. The summed E-state index contributed by atoms with van der Waals surface area (Å²) in [6.45, 7) is 2.64. The van der Waals surface area contributed by atoms with Gasteiger partial charge in [0, 0.05) is 13.1 Å². The fourth-order valence-corrected chi connectivity index (χ4v) is 4.85. The van der Waals surface area contributed by atoms with Crippen molar-refractivity contribution in [1.29, 1.82) is 0 Å². The van der Waals surface area contributed by atoms with E-state index in [9.17, 15) is 13.2 Å². The summed E-state index contributed by atoms with van der Waals surface area (Å²) >= 11 is 0. The summed E-state index contributed by atoms with van der Waals surface area (Å²) in [5.41, 5.74) is 2.48. The van der Waals surface area contributed by atoms with Crippen molar-refractivity contribution in [1.82, 2.24) is 4.90 Å². The van der Waals surface area contributed by atoms with Gasteiger partial charge in [0.05, 0.1) is 11.9 Å². The zero-order valence-electron chi connectivity index (χ0n) is 17.9. The lowest BCUT2D eigenvalue weighted by Crippen LogP contribution is -2.50. The molecule has 3 aromatic carbocycles. The topological polar surface area (TPSA) is 57.7 Å². The summed E-state index contributed by atoms with van der Waals surface area (Å²) in [5.74, 6) is -0.218. The van der Waals surface area contributed by atoms with Crippen LogP contribution in [0.15, 0.2) is 91.0 Å². The van der Waals surface area contributed by atoms with Gasteiger partial charge in [-0.1, -0.05) is 85.8 Å². The van der Waals surface area contributed by atoms with Crippen LogP contribution in [-0.2, 0) is 27.9 Å². The summed E-state index contributed by atoms with van der Waals surface area (Å²) < 4.78 is 26.7. The van der Waals surface area contributed by atoms with E-state index in [1.165, 1.54) is 4.31 Å². The lowest BCUT2D eigenvalue weighted by Gasteiger charge is -2.34. The Hall–Kier alpha value is -3.12. The molecule has 0 spiro atoms. The molecule has 0 heterocycles. The van der Waals surface area contributed by atoms with E-state index in [1.54, 1.807) is 29.2 Å². The molecule has 0 aromatic heterocycles. The van der Waals surface area contributed by atoms with Gasteiger partial charge in [-0.3, -0.25) is 9.10 Å². The highest BCUT2D eigenvalue weighted by Crippen LogP contribution is 2.24. The molecule has 0 radical (unpaired) electrons. The highest BCUT2D eigenvalue weighted by atomic mass is 32.2. The molecule has 0 aliphatic rings. The minimum Gasteiger partial charge on any atom is -0.332 e. The maximum absolute atomic E-state index is 13.8. The maximum Gasteiger partial charge on any atom is 0.247 e. The summed E-state index contributed by atoms with van der Waals surface area (Å²) in [6.07, 6.45) is 1.51.